The molecule has 0 aliphatic carbocycles. The number of allylic oxidation sites excluding steroid dienone is 4. The van der Waals surface area contributed by atoms with Crippen LogP contribution in [0.1, 0.15) is 59.8 Å². The Labute approximate surface area is 101 Å². The number of hydrogen-bond donors (Lipinski definition) is 0. The molecule has 0 amide bonds. The van der Waals surface area contributed by atoms with E-state index >= 15 is 0 Å². The van der Waals surface area contributed by atoms with E-state index in [1.807, 2.05) is 6.21 Å². The summed E-state index contributed by atoms with van der Waals surface area (Å²) in [5.74, 6) is 0. The Kier molecular flexibility index (Phi) is 10.1. The summed E-state index contributed by atoms with van der Waals surface area (Å²) >= 11 is 0. The fourth-order valence-corrected chi connectivity index (χ4v) is 1.37. The second kappa shape index (κ2) is 10.7. The zero-order chi connectivity index (χ0) is 12.2. The van der Waals surface area contributed by atoms with Gasteiger partial charge in [0.1, 0.15) is 0 Å². The fraction of sp³-hybridized carbons (Fsp3) is 0.667. The zero-order valence-corrected chi connectivity index (χ0v) is 11.4. The fourth-order valence-electron chi connectivity index (χ4n) is 1.37. The summed E-state index contributed by atoms with van der Waals surface area (Å²) in [5.41, 5.74) is 2.70. The molecule has 0 unspecified atom stereocenters. The average molecular weight is 221 g/mol. The lowest BCUT2D eigenvalue weighted by atomic mass is 10.2. The summed E-state index contributed by atoms with van der Waals surface area (Å²) in [6.45, 7) is 9.59. The van der Waals surface area contributed by atoms with Crippen LogP contribution in [0.5, 0.6) is 0 Å². The van der Waals surface area contributed by atoms with Crippen molar-refractivity contribution in [2.45, 2.75) is 59.8 Å². The topological polar surface area (TPSA) is 12.4 Å². The molecule has 0 fully saturated rings. The van der Waals surface area contributed by atoms with Crippen LogP contribution in [0.4, 0.5) is 0 Å². The van der Waals surface area contributed by atoms with E-state index in [-0.39, 0.29) is 0 Å². The van der Waals surface area contributed by atoms with E-state index in [0.717, 1.165) is 19.4 Å². The van der Waals surface area contributed by atoms with Crippen molar-refractivity contribution in [2.75, 3.05) is 6.54 Å². The van der Waals surface area contributed by atoms with Crippen molar-refractivity contribution >= 4 is 6.21 Å². The molecule has 0 aromatic carbocycles. The van der Waals surface area contributed by atoms with Crippen molar-refractivity contribution in [1.82, 2.24) is 0 Å². The molecule has 0 radical (unpaired) electrons. The van der Waals surface area contributed by atoms with E-state index in [4.69, 9.17) is 0 Å². The second-order valence-electron chi connectivity index (χ2n) is 4.55. The van der Waals surface area contributed by atoms with Crippen LogP contribution in [0.3, 0.4) is 0 Å². The molecule has 0 aliphatic heterocycles. The molecule has 16 heavy (non-hydrogen) atoms. The van der Waals surface area contributed by atoms with Gasteiger partial charge in [-0.2, -0.15) is 0 Å². The van der Waals surface area contributed by atoms with Gasteiger partial charge in [-0.25, -0.2) is 0 Å². The first-order valence-electron chi connectivity index (χ1n) is 6.46. The summed E-state index contributed by atoms with van der Waals surface area (Å²) in [5, 5.41) is 0. The molecule has 0 aliphatic rings. The molecular formula is C15H27N. The quantitative estimate of drug-likeness (QED) is 0.313. The van der Waals surface area contributed by atoms with E-state index in [9.17, 15) is 0 Å². The van der Waals surface area contributed by atoms with Crippen LogP contribution in [0.15, 0.2) is 28.3 Å². The summed E-state index contributed by atoms with van der Waals surface area (Å²) in [4.78, 5) is 4.42. The van der Waals surface area contributed by atoms with Gasteiger partial charge < -0.3 is 0 Å². The van der Waals surface area contributed by atoms with Crippen LogP contribution >= 0.6 is 0 Å². The molecular weight excluding hydrogens is 194 g/mol. The van der Waals surface area contributed by atoms with Crippen molar-refractivity contribution in [3.63, 3.8) is 0 Å². The Morgan fingerprint density at radius 1 is 1.00 bits per heavy atom. The summed E-state index contributed by atoms with van der Waals surface area (Å²) in [6.07, 6.45) is 12.6. The predicted octanol–water partition coefficient (Wildman–Crippen LogP) is 4.94. The van der Waals surface area contributed by atoms with E-state index in [2.05, 4.69) is 44.8 Å². The molecule has 0 atom stereocenters. The standard InChI is InChI=1S/C15H27N/c1-5-6-7-11-15(4)13-16-12-9-8-10-14(2)3/h10-11,13H,5-9,12H2,1-4H3/b15-11-,16-13-. The van der Waals surface area contributed by atoms with Crippen molar-refractivity contribution in [1.29, 1.82) is 0 Å². The third kappa shape index (κ3) is 11.2. The van der Waals surface area contributed by atoms with Gasteiger partial charge in [0.05, 0.1) is 0 Å². The monoisotopic (exact) mass is 221 g/mol. The van der Waals surface area contributed by atoms with Crippen molar-refractivity contribution in [3.8, 4) is 0 Å². The summed E-state index contributed by atoms with van der Waals surface area (Å²) in [7, 11) is 0. The molecule has 1 nitrogen and oxygen atoms in total. The Morgan fingerprint density at radius 2 is 1.69 bits per heavy atom. The minimum absolute atomic E-state index is 0.947. The maximum absolute atomic E-state index is 4.42. The van der Waals surface area contributed by atoms with Crippen LogP contribution < -0.4 is 0 Å². The highest BCUT2D eigenvalue weighted by atomic mass is 14.7. The van der Waals surface area contributed by atoms with Gasteiger partial charge in [0.15, 0.2) is 0 Å². The normalized spacial score (nSPS) is 12.1. The van der Waals surface area contributed by atoms with Crippen LogP contribution in [0.2, 0.25) is 0 Å². The van der Waals surface area contributed by atoms with Crippen molar-refractivity contribution in [2.24, 2.45) is 4.99 Å². The lowest BCUT2D eigenvalue weighted by molar-refractivity contribution is 0.812. The molecule has 0 spiro atoms. The van der Waals surface area contributed by atoms with E-state index in [1.165, 1.54) is 30.4 Å². The highest BCUT2D eigenvalue weighted by molar-refractivity contribution is 5.77. The molecule has 0 rings (SSSR count). The van der Waals surface area contributed by atoms with Crippen LogP contribution in [0, 0.1) is 0 Å². The molecule has 0 N–H and O–H groups in total. The van der Waals surface area contributed by atoms with E-state index < -0.39 is 0 Å². The van der Waals surface area contributed by atoms with Gasteiger partial charge in [-0.05, 0) is 45.6 Å². The van der Waals surface area contributed by atoms with Crippen LogP contribution in [0.25, 0.3) is 0 Å². The lowest BCUT2D eigenvalue weighted by Gasteiger charge is -1.94. The third-order valence-electron chi connectivity index (χ3n) is 2.36. The largest absolute Gasteiger partial charge is 0.293 e. The van der Waals surface area contributed by atoms with Gasteiger partial charge in [0.2, 0.25) is 0 Å². The van der Waals surface area contributed by atoms with Crippen LogP contribution in [-0.4, -0.2) is 12.8 Å². The molecule has 0 saturated heterocycles. The molecule has 0 aromatic rings. The average Bonchev–Trinajstić information content (AvgIpc) is 2.23. The Hall–Kier alpha value is -0.850. The first-order chi connectivity index (χ1) is 7.66. The Balaban J connectivity index is 3.59. The van der Waals surface area contributed by atoms with Crippen LogP contribution in [-0.2, 0) is 0 Å². The molecule has 0 saturated carbocycles. The first kappa shape index (κ1) is 15.2. The lowest BCUT2D eigenvalue weighted by Crippen LogP contribution is -1.84. The highest BCUT2D eigenvalue weighted by Gasteiger charge is 1.85. The Morgan fingerprint density at radius 3 is 2.31 bits per heavy atom. The maximum atomic E-state index is 4.42. The predicted molar refractivity (Wildman–Crippen MR) is 75.3 cm³/mol. The van der Waals surface area contributed by atoms with Gasteiger partial charge in [0.25, 0.3) is 0 Å². The van der Waals surface area contributed by atoms with E-state index in [0.29, 0.717) is 0 Å². The van der Waals surface area contributed by atoms with E-state index in [1.54, 1.807) is 0 Å². The number of aliphatic imine (C=N–C) groups is 1. The maximum Gasteiger partial charge on any atom is 0.0392 e. The second-order valence-corrected chi connectivity index (χ2v) is 4.55. The molecule has 92 valence electrons. The number of nitrogens with zero attached hydrogens (tertiary/aromatic N) is 1. The number of hydrogen-bond acceptors (Lipinski definition) is 1. The molecule has 0 heterocycles. The summed E-state index contributed by atoms with van der Waals surface area (Å²) < 4.78 is 0. The zero-order valence-electron chi connectivity index (χ0n) is 11.4. The van der Waals surface area contributed by atoms with Gasteiger partial charge in [0, 0.05) is 12.8 Å². The third-order valence-corrected chi connectivity index (χ3v) is 2.36. The smallest absolute Gasteiger partial charge is 0.0392 e. The van der Waals surface area contributed by atoms with Gasteiger partial charge >= 0.3 is 0 Å². The molecule has 0 bridgehead atoms. The van der Waals surface area contributed by atoms with Crippen molar-refractivity contribution in [3.05, 3.63) is 23.3 Å². The molecule has 1 heteroatoms. The Bertz CT molecular complexity index is 242. The number of unbranched alkanes of at least 4 members (excludes halogenated alkanes) is 3. The van der Waals surface area contributed by atoms with Gasteiger partial charge in [-0.15, -0.1) is 0 Å². The number of rotatable bonds is 8. The highest BCUT2D eigenvalue weighted by Crippen LogP contribution is 2.00. The minimum Gasteiger partial charge on any atom is -0.293 e. The molecule has 0 aromatic heterocycles. The minimum atomic E-state index is 0.947. The SMILES string of the molecule is CCCC/C=C(C)\C=N/CCCC=C(C)C. The van der Waals surface area contributed by atoms with Gasteiger partial charge in [-0.3, -0.25) is 4.99 Å². The van der Waals surface area contributed by atoms with Gasteiger partial charge in [-0.1, -0.05) is 37.5 Å². The summed E-state index contributed by atoms with van der Waals surface area (Å²) in [6, 6.07) is 0. The van der Waals surface area contributed by atoms with Crippen molar-refractivity contribution < 1.29 is 0 Å². The first-order valence-corrected chi connectivity index (χ1v) is 6.46.